The molecule has 0 unspecified atom stereocenters. The molecule has 1 aromatic heterocycles. The first-order valence-corrected chi connectivity index (χ1v) is 12.0. The Hall–Kier alpha value is -2.89. The molecule has 0 bridgehead atoms. The van der Waals surface area contributed by atoms with Gasteiger partial charge in [0, 0.05) is 23.5 Å². The quantitative estimate of drug-likeness (QED) is 0.376. The first-order valence-electron chi connectivity index (χ1n) is 11.3. The number of benzene rings is 2. The minimum Gasteiger partial charge on any atom is -0.493 e. The maximum atomic E-state index is 14.0. The standard InChI is InChI=1S/C27H23Cl2NO4/c1-33-23-11-10-16(12-24(23)34-17-6-2-3-7-17)27(13-20-21(28)14-30-15-22(20)29)25(31)18-8-4-5-9-19(18)26(27)32/h4-5,8-12,14-15,17H,2-3,6-7,13H2,1H3. The first kappa shape index (κ1) is 22.9. The van der Waals surface area contributed by atoms with Gasteiger partial charge in [0.05, 0.1) is 23.3 Å². The van der Waals surface area contributed by atoms with Gasteiger partial charge in [-0.25, -0.2) is 0 Å². The highest BCUT2D eigenvalue weighted by molar-refractivity contribution is 6.37. The maximum absolute atomic E-state index is 14.0. The van der Waals surface area contributed by atoms with Crippen molar-refractivity contribution >= 4 is 34.8 Å². The molecule has 1 fully saturated rings. The highest BCUT2D eigenvalue weighted by Crippen LogP contribution is 2.46. The maximum Gasteiger partial charge on any atom is 0.182 e. The summed E-state index contributed by atoms with van der Waals surface area (Å²) < 4.78 is 11.8. The number of hydrogen-bond donors (Lipinski definition) is 0. The van der Waals surface area contributed by atoms with Crippen molar-refractivity contribution in [2.45, 2.75) is 43.6 Å². The molecule has 2 aliphatic rings. The van der Waals surface area contributed by atoms with Crippen LogP contribution in [0.1, 0.15) is 57.5 Å². The molecule has 1 saturated carbocycles. The molecule has 2 aliphatic carbocycles. The van der Waals surface area contributed by atoms with E-state index in [1.807, 2.05) is 0 Å². The molecule has 174 valence electrons. The van der Waals surface area contributed by atoms with Gasteiger partial charge in [0.25, 0.3) is 0 Å². The number of aromatic nitrogens is 1. The summed E-state index contributed by atoms with van der Waals surface area (Å²) in [6, 6.07) is 12.2. The predicted octanol–water partition coefficient (Wildman–Crippen LogP) is 6.28. The minimum absolute atomic E-state index is 0.00866. The van der Waals surface area contributed by atoms with Gasteiger partial charge in [-0.1, -0.05) is 53.5 Å². The molecular formula is C27H23Cl2NO4. The molecule has 7 heteroatoms. The van der Waals surface area contributed by atoms with Gasteiger partial charge in [0.2, 0.25) is 0 Å². The summed E-state index contributed by atoms with van der Waals surface area (Å²) in [5.41, 5.74) is 0.280. The Balaban J connectivity index is 1.69. The molecule has 0 amide bonds. The molecule has 0 radical (unpaired) electrons. The molecule has 34 heavy (non-hydrogen) atoms. The van der Waals surface area contributed by atoms with E-state index in [4.69, 9.17) is 32.7 Å². The number of methoxy groups -OCH3 is 1. The van der Waals surface area contributed by atoms with Crippen LogP contribution in [0, 0.1) is 0 Å². The number of ether oxygens (including phenoxy) is 2. The third-order valence-corrected chi connectivity index (χ3v) is 7.49. The zero-order valence-electron chi connectivity index (χ0n) is 18.6. The Morgan fingerprint density at radius 3 is 2.15 bits per heavy atom. The topological polar surface area (TPSA) is 65.5 Å². The van der Waals surface area contributed by atoms with Crippen LogP contribution in [0.2, 0.25) is 10.0 Å². The normalized spacial score (nSPS) is 17.1. The van der Waals surface area contributed by atoms with Crippen molar-refractivity contribution in [1.82, 2.24) is 4.98 Å². The smallest absolute Gasteiger partial charge is 0.182 e. The first-order chi connectivity index (χ1) is 16.5. The predicted molar refractivity (Wildman–Crippen MR) is 131 cm³/mol. The lowest BCUT2D eigenvalue weighted by atomic mass is 9.71. The minimum atomic E-state index is -1.53. The number of fused-ring (bicyclic) bond motifs is 1. The number of Topliss-reactive ketones (excluding diaryl/α,β-unsaturated/α-hetero) is 2. The van der Waals surface area contributed by atoms with Gasteiger partial charge >= 0.3 is 0 Å². The van der Waals surface area contributed by atoms with Crippen LogP contribution >= 0.6 is 23.2 Å². The van der Waals surface area contributed by atoms with Crippen LogP contribution in [0.25, 0.3) is 0 Å². The molecule has 5 rings (SSSR count). The van der Waals surface area contributed by atoms with Crippen LogP contribution in [-0.2, 0) is 11.8 Å². The van der Waals surface area contributed by atoms with E-state index in [-0.39, 0.29) is 24.1 Å². The number of carbonyl (C=O) groups is 2. The van der Waals surface area contributed by atoms with Crippen LogP contribution < -0.4 is 9.47 Å². The number of rotatable bonds is 6. The summed E-state index contributed by atoms with van der Waals surface area (Å²) in [4.78, 5) is 32.0. The Morgan fingerprint density at radius 1 is 0.941 bits per heavy atom. The van der Waals surface area contributed by atoms with E-state index >= 15 is 0 Å². The van der Waals surface area contributed by atoms with Crippen LogP contribution in [-0.4, -0.2) is 29.8 Å². The Morgan fingerprint density at radius 2 is 1.56 bits per heavy atom. The fraction of sp³-hybridized carbons (Fsp3) is 0.296. The van der Waals surface area contributed by atoms with Crippen LogP contribution in [0.15, 0.2) is 54.9 Å². The Bertz CT molecular complexity index is 1230. The van der Waals surface area contributed by atoms with Gasteiger partial charge in [-0.05, 0) is 55.4 Å². The number of halogens is 2. The monoisotopic (exact) mass is 495 g/mol. The number of hydrogen-bond acceptors (Lipinski definition) is 5. The molecule has 0 saturated heterocycles. The molecule has 0 aliphatic heterocycles. The fourth-order valence-corrected chi connectivity index (χ4v) is 5.56. The summed E-state index contributed by atoms with van der Waals surface area (Å²) in [5.74, 6) is 0.513. The Labute approximate surface area is 208 Å². The lowest BCUT2D eigenvalue weighted by Crippen LogP contribution is -2.41. The number of ketones is 2. The lowest BCUT2D eigenvalue weighted by molar-refractivity contribution is 0.0792. The number of nitrogens with zero attached hydrogens (tertiary/aromatic N) is 1. The molecule has 1 heterocycles. The third kappa shape index (κ3) is 3.68. The zero-order chi connectivity index (χ0) is 23.9. The summed E-state index contributed by atoms with van der Waals surface area (Å²) in [7, 11) is 1.57. The second kappa shape index (κ2) is 9.05. The largest absolute Gasteiger partial charge is 0.493 e. The highest BCUT2D eigenvalue weighted by Gasteiger charge is 2.54. The van der Waals surface area contributed by atoms with Crippen molar-refractivity contribution in [1.29, 1.82) is 0 Å². The summed E-state index contributed by atoms with van der Waals surface area (Å²) in [6.45, 7) is 0. The van der Waals surface area contributed by atoms with Crippen molar-refractivity contribution in [3.63, 3.8) is 0 Å². The molecule has 3 aromatic rings. The van der Waals surface area contributed by atoms with Gasteiger partial charge in [-0.2, -0.15) is 0 Å². The molecule has 2 aromatic carbocycles. The van der Waals surface area contributed by atoms with Gasteiger partial charge < -0.3 is 9.47 Å². The van der Waals surface area contributed by atoms with Gasteiger partial charge in [-0.3, -0.25) is 14.6 Å². The second-order valence-electron chi connectivity index (χ2n) is 8.76. The van der Waals surface area contributed by atoms with E-state index in [2.05, 4.69) is 4.98 Å². The average Bonchev–Trinajstić information content (AvgIpc) is 3.43. The van der Waals surface area contributed by atoms with Crippen LogP contribution in [0.3, 0.4) is 0 Å². The van der Waals surface area contributed by atoms with Crippen LogP contribution in [0.5, 0.6) is 11.5 Å². The van der Waals surface area contributed by atoms with Gasteiger partial charge in [0.15, 0.2) is 23.1 Å². The summed E-state index contributed by atoms with van der Waals surface area (Å²) in [5, 5.41) is 0.610. The SMILES string of the molecule is COc1ccc(C2(Cc3c(Cl)cncc3Cl)C(=O)c3ccccc3C2=O)cc1OC1CCCC1. The van der Waals surface area contributed by atoms with Crippen LogP contribution in [0.4, 0.5) is 0 Å². The molecule has 0 N–H and O–H groups in total. The Kier molecular flexibility index (Phi) is 6.09. The molecule has 0 atom stereocenters. The molecule has 5 nitrogen and oxygen atoms in total. The number of carbonyl (C=O) groups excluding carboxylic acids is 2. The zero-order valence-corrected chi connectivity index (χ0v) is 20.2. The van der Waals surface area contributed by atoms with Crippen molar-refractivity contribution in [3.05, 3.63) is 87.2 Å². The van der Waals surface area contributed by atoms with Crippen molar-refractivity contribution in [3.8, 4) is 11.5 Å². The molecule has 0 spiro atoms. The number of pyridine rings is 1. The van der Waals surface area contributed by atoms with Crippen molar-refractivity contribution < 1.29 is 19.1 Å². The highest BCUT2D eigenvalue weighted by atomic mass is 35.5. The second-order valence-corrected chi connectivity index (χ2v) is 9.57. The summed E-state index contributed by atoms with van der Waals surface area (Å²) in [6.07, 6.45) is 7.18. The van der Waals surface area contributed by atoms with Crippen molar-refractivity contribution in [2.75, 3.05) is 7.11 Å². The third-order valence-electron chi connectivity index (χ3n) is 6.84. The molecular weight excluding hydrogens is 473 g/mol. The summed E-state index contributed by atoms with van der Waals surface area (Å²) >= 11 is 12.9. The van der Waals surface area contributed by atoms with Gasteiger partial charge in [0.1, 0.15) is 5.41 Å². The fourth-order valence-electron chi connectivity index (χ4n) is 5.06. The van der Waals surface area contributed by atoms with E-state index in [1.165, 1.54) is 12.4 Å². The average molecular weight is 496 g/mol. The van der Waals surface area contributed by atoms with Crippen molar-refractivity contribution in [2.24, 2.45) is 0 Å². The van der Waals surface area contributed by atoms with E-state index in [9.17, 15) is 9.59 Å². The van der Waals surface area contributed by atoms with Gasteiger partial charge in [-0.15, -0.1) is 0 Å². The van der Waals surface area contributed by atoms with E-state index in [0.717, 1.165) is 25.7 Å². The van der Waals surface area contributed by atoms with E-state index in [1.54, 1.807) is 49.6 Å². The van der Waals surface area contributed by atoms with E-state index in [0.29, 0.717) is 43.8 Å². The van der Waals surface area contributed by atoms with E-state index < -0.39 is 5.41 Å². The lowest BCUT2D eigenvalue weighted by Gasteiger charge is -2.28.